The molecule has 2 atom stereocenters. The average molecular weight is 440 g/mol. The van der Waals surface area contributed by atoms with Crippen molar-refractivity contribution in [2.75, 3.05) is 13.7 Å². The van der Waals surface area contributed by atoms with E-state index in [-0.39, 0.29) is 17.8 Å². The fourth-order valence-electron chi connectivity index (χ4n) is 5.28. The third-order valence-electron chi connectivity index (χ3n) is 6.98. The number of likely N-dealkylation sites (N-methyl/N-ethyl adjacent to an activating group) is 1. The standard InChI is InChI=1S/C28H29N3O2/c1-3-33-25-13-7-11-22(18-25)21-10-6-12-23(17-21)28(26(32)31(2)27(29)30-28)24-15-14-19-8-4-5-9-20(19)16-24/h4-13,17-18,24H,3,14-16H2,1-2H3,(H2,29,30). The van der Waals surface area contributed by atoms with E-state index in [1.54, 1.807) is 7.05 Å². The zero-order valence-corrected chi connectivity index (χ0v) is 19.1. The molecule has 0 spiro atoms. The summed E-state index contributed by atoms with van der Waals surface area (Å²) in [5.74, 6) is 1.10. The summed E-state index contributed by atoms with van der Waals surface area (Å²) in [6.45, 7) is 2.59. The van der Waals surface area contributed by atoms with Crippen LogP contribution in [0.3, 0.4) is 0 Å². The monoisotopic (exact) mass is 439 g/mol. The van der Waals surface area contributed by atoms with Crippen LogP contribution in [0.25, 0.3) is 11.1 Å². The van der Waals surface area contributed by atoms with Crippen LogP contribution in [0.2, 0.25) is 0 Å². The van der Waals surface area contributed by atoms with E-state index in [9.17, 15) is 4.79 Å². The van der Waals surface area contributed by atoms with Crippen molar-refractivity contribution in [3.05, 3.63) is 89.5 Å². The van der Waals surface area contributed by atoms with Crippen LogP contribution in [0.1, 0.15) is 30.0 Å². The molecule has 3 aromatic carbocycles. The Kier molecular flexibility index (Phi) is 5.41. The number of fused-ring (bicyclic) bond motifs is 1. The van der Waals surface area contributed by atoms with Crippen molar-refractivity contribution in [3.63, 3.8) is 0 Å². The van der Waals surface area contributed by atoms with E-state index < -0.39 is 5.54 Å². The smallest absolute Gasteiger partial charge is 0.261 e. The van der Waals surface area contributed by atoms with Gasteiger partial charge in [-0.3, -0.25) is 9.69 Å². The highest BCUT2D eigenvalue weighted by Crippen LogP contribution is 2.46. The fraction of sp³-hybridized carbons (Fsp3) is 0.286. The number of benzene rings is 3. The number of guanidine groups is 1. The quantitative estimate of drug-likeness (QED) is 0.635. The zero-order chi connectivity index (χ0) is 23.0. The normalized spacial score (nSPS) is 22.1. The summed E-state index contributed by atoms with van der Waals surface area (Å²) in [6, 6.07) is 24.7. The first-order chi connectivity index (χ1) is 16.0. The predicted octanol–water partition coefficient (Wildman–Crippen LogP) is 4.54. The van der Waals surface area contributed by atoms with Gasteiger partial charge in [0.15, 0.2) is 11.5 Å². The second-order valence-corrected chi connectivity index (χ2v) is 8.85. The number of ether oxygens (including phenoxy) is 1. The number of aryl methyl sites for hydroxylation is 1. The van der Waals surface area contributed by atoms with Crippen LogP contribution < -0.4 is 10.5 Å². The molecule has 2 N–H and O–H groups in total. The predicted molar refractivity (Wildman–Crippen MR) is 131 cm³/mol. The van der Waals surface area contributed by atoms with Gasteiger partial charge in [-0.2, -0.15) is 0 Å². The van der Waals surface area contributed by atoms with Gasteiger partial charge in [0.25, 0.3) is 5.91 Å². The van der Waals surface area contributed by atoms with Crippen molar-refractivity contribution >= 4 is 11.9 Å². The number of amides is 1. The molecule has 0 radical (unpaired) electrons. The van der Waals surface area contributed by atoms with Crippen molar-refractivity contribution in [1.82, 2.24) is 4.90 Å². The van der Waals surface area contributed by atoms with Crippen LogP contribution in [0.15, 0.2) is 77.8 Å². The summed E-state index contributed by atoms with van der Waals surface area (Å²) in [6.07, 6.45) is 2.62. The molecule has 1 amide bonds. The van der Waals surface area contributed by atoms with E-state index in [1.807, 2.05) is 37.3 Å². The highest BCUT2D eigenvalue weighted by atomic mass is 16.5. The van der Waals surface area contributed by atoms with E-state index in [1.165, 1.54) is 16.0 Å². The molecule has 0 fully saturated rings. The second-order valence-electron chi connectivity index (χ2n) is 8.85. The van der Waals surface area contributed by atoms with Crippen LogP contribution in [0.5, 0.6) is 5.75 Å². The van der Waals surface area contributed by atoms with Gasteiger partial charge in [-0.15, -0.1) is 0 Å². The molecule has 2 unspecified atom stereocenters. The molecule has 5 heteroatoms. The molecule has 0 saturated heterocycles. The third kappa shape index (κ3) is 3.58. The number of carbonyl (C=O) groups is 1. The molecule has 1 aliphatic heterocycles. The Bertz CT molecular complexity index is 1240. The molecule has 0 bridgehead atoms. The maximum absolute atomic E-state index is 13.7. The van der Waals surface area contributed by atoms with Gasteiger partial charge in [-0.05, 0) is 72.2 Å². The van der Waals surface area contributed by atoms with Crippen LogP contribution >= 0.6 is 0 Å². The van der Waals surface area contributed by atoms with Crippen LogP contribution in [-0.2, 0) is 23.2 Å². The number of hydrogen-bond acceptors (Lipinski definition) is 4. The number of nitrogens with zero attached hydrogens (tertiary/aromatic N) is 2. The molecule has 3 aromatic rings. The van der Waals surface area contributed by atoms with Gasteiger partial charge >= 0.3 is 0 Å². The second kappa shape index (κ2) is 8.39. The lowest BCUT2D eigenvalue weighted by Gasteiger charge is -2.37. The summed E-state index contributed by atoms with van der Waals surface area (Å²) >= 11 is 0. The number of aliphatic imine (C=N–C) groups is 1. The minimum Gasteiger partial charge on any atom is -0.494 e. The van der Waals surface area contributed by atoms with Crippen molar-refractivity contribution in [1.29, 1.82) is 0 Å². The molecule has 33 heavy (non-hydrogen) atoms. The lowest BCUT2D eigenvalue weighted by Crippen LogP contribution is -2.46. The first-order valence-corrected chi connectivity index (χ1v) is 11.6. The number of carbonyl (C=O) groups excluding carboxylic acids is 1. The molecule has 2 aliphatic rings. The van der Waals surface area contributed by atoms with Gasteiger partial charge in [-0.1, -0.05) is 54.6 Å². The summed E-state index contributed by atoms with van der Waals surface area (Å²) in [4.78, 5) is 20.1. The molecule has 1 aliphatic carbocycles. The highest BCUT2D eigenvalue weighted by molar-refractivity contribution is 6.07. The Labute approximate surface area is 194 Å². The minimum atomic E-state index is -1.01. The molecular formula is C28H29N3O2. The van der Waals surface area contributed by atoms with E-state index in [0.29, 0.717) is 6.61 Å². The number of hydrogen-bond donors (Lipinski definition) is 1. The Morgan fingerprint density at radius 3 is 2.48 bits per heavy atom. The van der Waals surface area contributed by atoms with Crippen molar-refractivity contribution < 1.29 is 9.53 Å². The van der Waals surface area contributed by atoms with Gasteiger partial charge in [0.1, 0.15) is 5.75 Å². The third-order valence-corrected chi connectivity index (χ3v) is 6.98. The lowest BCUT2D eigenvalue weighted by atomic mass is 9.69. The minimum absolute atomic E-state index is 0.0356. The Morgan fingerprint density at radius 2 is 1.76 bits per heavy atom. The average Bonchev–Trinajstić information content (AvgIpc) is 3.09. The van der Waals surface area contributed by atoms with Gasteiger partial charge in [0.2, 0.25) is 0 Å². The van der Waals surface area contributed by atoms with Gasteiger partial charge in [-0.25, -0.2) is 4.99 Å². The summed E-state index contributed by atoms with van der Waals surface area (Å²) < 4.78 is 5.69. The largest absolute Gasteiger partial charge is 0.494 e. The SMILES string of the molecule is CCOc1cccc(-c2cccc(C3(C4CCc5ccccc5C4)N=C(N)N(C)C3=O)c2)c1. The van der Waals surface area contributed by atoms with Crippen LogP contribution in [-0.4, -0.2) is 30.4 Å². The Balaban J connectivity index is 1.60. The first kappa shape index (κ1) is 21.3. The zero-order valence-electron chi connectivity index (χ0n) is 19.1. The summed E-state index contributed by atoms with van der Waals surface area (Å²) in [5, 5.41) is 0. The van der Waals surface area contributed by atoms with E-state index in [4.69, 9.17) is 15.5 Å². The molecular weight excluding hydrogens is 410 g/mol. The number of rotatable bonds is 5. The maximum Gasteiger partial charge on any atom is 0.261 e. The van der Waals surface area contributed by atoms with Crippen molar-refractivity contribution in [2.24, 2.45) is 16.6 Å². The molecule has 0 saturated carbocycles. The molecule has 5 nitrogen and oxygen atoms in total. The molecule has 0 aromatic heterocycles. The maximum atomic E-state index is 13.7. The Morgan fingerprint density at radius 1 is 1.03 bits per heavy atom. The van der Waals surface area contributed by atoms with Crippen LogP contribution in [0, 0.1) is 5.92 Å². The molecule has 168 valence electrons. The van der Waals surface area contributed by atoms with E-state index in [2.05, 4.69) is 42.5 Å². The van der Waals surface area contributed by atoms with Gasteiger partial charge < -0.3 is 10.5 Å². The fourth-order valence-corrected chi connectivity index (χ4v) is 5.28. The Hall–Kier alpha value is -3.60. The van der Waals surface area contributed by atoms with Gasteiger partial charge in [0, 0.05) is 13.0 Å². The molecule has 5 rings (SSSR count). The van der Waals surface area contributed by atoms with Crippen LogP contribution in [0.4, 0.5) is 0 Å². The van der Waals surface area contributed by atoms with Crippen molar-refractivity contribution in [2.45, 2.75) is 31.7 Å². The highest BCUT2D eigenvalue weighted by Gasteiger charge is 2.53. The van der Waals surface area contributed by atoms with E-state index in [0.717, 1.165) is 41.7 Å². The number of nitrogens with two attached hydrogens (primary N) is 1. The summed E-state index contributed by atoms with van der Waals surface area (Å²) in [7, 11) is 1.72. The van der Waals surface area contributed by atoms with E-state index >= 15 is 0 Å². The van der Waals surface area contributed by atoms with Crippen molar-refractivity contribution in [3.8, 4) is 16.9 Å². The molecule has 1 heterocycles. The van der Waals surface area contributed by atoms with Gasteiger partial charge in [0.05, 0.1) is 6.61 Å². The summed E-state index contributed by atoms with van der Waals surface area (Å²) in [5.41, 5.74) is 10.8. The lowest BCUT2D eigenvalue weighted by molar-refractivity contribution is -0.132. The first-order valence-electron chi connectivity index (χ1n) is 11.6. The topological polar surface area (TPSA) is 67.9 Å².